The highest BCUT2D eigenvalue weighted by atomic mass is 32.3. The second kappa shape index (κ2) is 8.07. The van der Waals surface area contributed by atoms with Gasteiger partial charge >= 0.3 is 10.2 Å². The molecule has 0 atom stereocenters. The number of hydrogen-bond acceptors (Lipinski definition) is 4. The van der Waals surface area contributed by atoms with Crippen molar-refractivity contribution in [1.29, 1.82) is 5.26 Å². The third kappa shape index (κ3) is 3.60. The van der Waals surface area contributed by atoms with Crippen LogP contribution in [0, 0.1) is 11.3 Å². The highest BCUT2D eigenvalue weighted by Gasteiger charge is 2.20. The van der Waals surface area contributed by atoms with Crippen molar-refractivity contribution < 1.29 is 12.3 Å². The SMILES string of the molecule is CCn1c2cc(-c3cccc(S(=O)(=O)F)c3)c(C(C)C)cc2c(=O)c2c3ccc(C#N)cc3[nH]c21. The fourth-order valence-electron chi connectivity index (χ4n) is 4.82. The average Bonchev–Trinajstić information content (AvgIpc) is 3.21. The molecule has 8 heteroatoms. The first kappa shape index (κ1) is 22.8. The number of nitrogens with zero attached hydrogens (tertiary/aromatic N) is 2. The molecule has 0 spiro atoms. The van der Waals surface area contributed by atoms with Gasteiger partial charge in [0.1, 0.15) is 5.65 Å². The molecule has 0 fully saturated rings. The van der Waals surface area contributed by atoms with Crippen molar-refractivity contribution in [3.8, 4) is 17.2 Å². The van der Waals surface area contributed by atoms with E-state index < -0.39 is 15.1 Å². The zero-order chi connectivity index (χ0) is 25.1. The fourth-order valence-corrected chi connectivity index (χ4v) is 5.33. The van der Waals surface area contributed by atoms with Gasteiger partial charge in [0, 0.05) is 22.8 Å². The minimum Gasteiger partial charge on any atom is -0.340 e. The van der Waals surface area contributed by atoms with Crippen LogP contribution in [0.15, 0.2) is 64.3 Å². The minimum absolute atomic E-state index is 0.0198. The number of pyridine rings is 1. The van der Waals surface area contributed by atoms with Gasteiger partial charge in [-0.25, -0.2) is 0 Å². The Kier molecular flexibility index (Phi) is 5.26. The van der Waals surface area contributed by atoms with E-state index in [0.29, 0.717) is 45.1 Å². The molecule has 0 aliphatic carbocycles. The molecule has 5 aromatic rings. The molecule has 0 amide bonds. The van der Waals surface area contributed by atoms with Crippen molar-refractivity contribution in [1.82, 2.24) is 9.55 Å². The number of halogens is 1. The van der Waals surface area contributed by atoms with E-state index in [9.17, 15) is 22.4 Å². The number of fused-ring (bicyclic) bond motifs is 4. The molecule has 5 rings (SSSR count). The lowest BCUT2D eigenvalue weighted by atomic mass is 9.90. The minimum atomic E-state index is -4.86. The second-order valence-corrected chi connectivity index (χ2v) is 10.2. The Bertz CT molecular complexity index is 1880. The number of rotatable bonds is 4. The number of aromatic amines is 1. The first-order chi connectivity index (χ1) is 16.6. The van der Waals surface area contributed by atoms with Gasteiger partial charge in [0.05, 0.1) is 27.4 Å². The summed E-state index contributed by atoms with van der Waals surface area (Å²) in [6.45, 7) is 6.52. The van der Waals surface area contributed by atoms with Crippen LogP contribution in [-0.4, -0.2) is 18.0 Å². The molecule has 0 saturated carbocycles. The summed E-state index contributed by atoms with van der Waals surface area (Å²) in [5, 5.41) is 11.1. The predicted molar refractivity (Wildman–Crippen MR) is 136 cm³/mol. The Labute approximate surface area is 201 Å². The van der Waals surface area contributed by atoms with E-state index in [0.717, 1.165) is 16.5 Å². The van der Waals surface area contributed by atoms with E-state index in [-0.39, 0.29) is 11.3 Å². The standard InChI is InChI=1S/C27H22FN3O3S/c1-4-31-24-13-21(17-6-5-7-18(11-17)35(28,33)34)20(15(2)3)12-22(24)26(32)25-19-9-8-16(14-29)10-23(19)30-27(25)31/h5-13,15,30H,4H2,1-3H3. The zero-order valence-corrected chi connectivity index (χ0v) is 20.2. The van der Waals surface area contributed by atoms with Crippen LogP contribution in [0.5, 0.6) is 0 Å². The van der Waals surface area contributed by atoms with Crippen LogP contribution in [0.4, 0.5) is 3.89 Å². The van der Waals surface area contributed by atoms with Gasteiger partial charge in [0.25, 0.3) is 0 Å². The van der Waals surface area contributed by atoms with Crippen molar-refractivity contribution in [2.45, 2.75) is 38.1 Å². The van der Waals surface area contributed by atoms with E-state index in [1.165, 1.54) is 18.2 Å². The van der Waals surface area contributed by atoms with Gasteiger partial charge in [0.2, 0.25) is 0 Å². The molecule has 1 N–H and O–H groups in total. The quantitative estimate of drug-likeness (QED) is 0.316. The Morgan fingerprint density at radius 3 is 2.51 bits per heavy atom. The van der Waals surface area contributed by atoms with E-state index in [2.05, 4.69) is 11.1 Å². The Balaban J connectivity index is 1.92. The Morgan fingerprint density at radius 1 is 1.09 bits per heavy atom. The van der Waals surface area contributed by atoms with Gasteiger partial charge < -0.3 is 9.55 Å². The molecule has 0 aliphatic heterocycles. The van der Waals surface area contributed by atoms with Crippen LogP contribution in [0.1, 0.15) is 37.8 Å². The van der Waals surface area contributed by atoms with Crippen LogP contribution < -0.4 is 5.43 Å². The number of nitriles is 1. The van der Waals surface area contributed by atoms with Crippen molar-refractivity contribution in [3.63, 3.8) is 0 Å². The number of hydrogen-bond donors (Lipinski definition) is 1. The highest BCUT2D eigenvalue weighted by molar-refractivity contribution is 7.86. The molecular formula is C27H22FN3O3S. The molecule has 0 saturated heterocycles. The summed E-state index contributed by atoms with van der Waals surface area (Å²) in [6, 6.07) is 16.9. The summed E-state index contributed by atoms with van der Waals surface area (Å²) in [5.41, 5.74) is 4.57. The number of nitrogens with one attached hydrogen (secondary N) is 1. The normalized spacial score (nSPS) is 12.1. The fraction of sp³-hybridized carbons (Fsp3) is 0.185. The second-order valence-electron chi connectivity index (χ2n) is 8.87. The zero-order valence-electron chi connectivity index (χ0n) is 19.4. The van der Waals surface area contributed by atoms with E-state index >= 15 is 0 Å². The predicted octanol–water partition coefficient (Wildman–Crippen LogP) is 5.98. The molecule has 176 valence electrons. The lowest BCUT2D eigenvalue weighted by molar-refractivity contribution is 0.552. The van der Waals surface area contributed by atoms with E-state index in [4.69, 9.17) is 0 Å². The Hall–Kier alpha value is -3.96. The van der Waals surface area contributed by atoms with Crippen LogP contribution in [0.3, 0.4) is 0 Å². The van der Waals surface area contributed by atoms with Crippen molar-refractivity contribution in [3.05, 3.63) is 75.9 Å². The van der Waals surface area contributed by atoms with Crippen LogP contribution >= 0.6 is 0 Å². The summed E-state index contributed by atoms with van der Waals surface area (Å²) in [5.74, 6) is 0.0198. The summed E-state index contributed by atoms with van der Waals surface area (Å²) in [4.78, 5) is 16.7. The lowest BCUT2D eigenvalue weighted by Gasteiger charge is -2.18. The summed E-state index contributed by atoms with van der Waals surface area (Å²) < 4.78 is 38.8. The smallest absolute Gasteiger partial charge is 0.332 e. The maximum absolute atomic E-state index is 13.8. The molecule has 0 aliphatic rings. The molecule has 35 heavy (non-hydrogen) atoms. The average molecular weight is 488 g/mol. The third-order valence-corrected chi connectivity index (χ3v) is 7.29. The van der Waals surface area contributed by atoms with Crippen LogP contribution in [-0.2, 0) is 16.8 Å². The number of H-pyrrole nitrogens is 1. The van der Waals surface area contributed by atoms with Crippen LogP contribution in [0.2, 0.25) is 0 Å². The number of aryl methyl sites for hydroxylation is 1. The van der Waals surface area contributed by atoms with Gasteiger partial charge in [-0.05, 0) is 65.9 Å². The van der Waals surface area contributed by atoms with Gasteiger partial charge in [-0.3, -0.25) is 4.79 Å². The van der Waals surface area contributed by atoms with Gasteiger partial charge in [-0.1, -0.05) is 32.0 Å². The lowest BCUT2D eigenvalue weighted by Crippen LogP contribution is -2.11. The summed E-state index contributed by atoms with van der Waals surface area (Å²) in [7, 11) is -4.86. The van der Waals surface area contributed by atoms with Crippen molar-refractivity contribution in [2.75, 3.05) is 0 Å². The highest BCUT2D eigenvalue weighted by Crippen LogP contribution is 2.35. The molecule has 2 heterocycles. The van der Waals surface area contributed by atoms with Gasteiger partial charge in [0.15, 0.2) is 5.43 Å². The van der Waals surface area contributed by atoms with Gasteiger partial charge in [-0.15, -0.1) is 3.89 Å². The van der Waals surface area contributed by atoms with Gasteiger partial charge in [-0.2, -0.15) is 13.7 Å². The third-order valence-electron chi connectivity index (χ3n) is 6.47. The molecular weight excluding hydrogens is 465 g/mol. The Morgan fingerprint density at radius 2 is 1.86 bits per heavy atom. The maximum atomic E-state index is 13.8. The molecule has 0 bridgehead atoms. The molecule has 2 aromatic heterocycles. The summed E-state index contributed by atoms with van der Waals surface area (Å²) in [6.07, 6.45) is 0. The monoisotopic (exact) mass is 487 g/mol. The topological polar surface area (TPSA) is 95.7 Å². The van der Waals surface area contributed by atoms with E-state index in [1.807, 2.05) is 37.5 Å². The molecule has 6 nitrogen and oxygen atoms in total. The molecule has 0 unspecified atom stereocenters. The van der Waals surface area contributed by atoms with Crippen LogP contribution in [0.25, 0.3) is 44.0 Å². The molecule has 0 radical (unpaired) electrons. The first-order valence-electron chi connectivity index (χ1n) is 11.2. The van der Waals surface area contributed by atoms with E-state index in [1.54, 1.807) is 24.3 Å². The maximum Gasteiger partial charge on any atom is 0.332 e. The number of aromatic nitrogens is 2. The first-order valence-corrected chi connectivity index (χ1v) is 12.6. The van der Waals surface area contributed by atoms with Crippen molar-refractivity contribution >= 4 is 43.1 Å². The number of benzene rings is 3. The molecule has 3 aromatic carbocycles. The largest absolute Gasteiger partial charge is 0.340 e. The summed E-state index contributed by atoms with van der Waals surface area (Å²) >= 11 is 0. The van der Waals surface area contributed by atoms with Crippen molar-refractivity contribution in [2.24, 2.45) is 0 Å².